The fourth-order valence-electron chi connectivity index (χ4n) is 3.24. The number of hydrogen-bond acceptors (Lipinski definition) is 6. The molecular formula is C23H36N4O6. The Hall–Kier alpha value is -3.14. The van der Waals surface area contributed by atoms with Crippen molar-refractivity contribution in [2.24, 2.45) is 17.6 Å². The van der Waals surface area contributed by atoms with Crippen LogP contribution < -0.4 is 21.7 Å². The minimum atomic E-state index is -1.23. The van der Waals surface area contributed by atoms with Crippen LogP contribution in [0.1, 0.15) is 46.1 Å². The van der Waals surface area contributed by atoms with Gasteiger partial charge in [-0.3, -0.25) is 14.4 Å². The SMILES string of the molecule is CCC(C)C(NC(=O)C(CC(C)C)NC(=O)CN)C(=O)NC(Cc1ccc(O)cc1)C(=O)O. The quantitative estimate of drug-likeness (QED) is 0.247. The number of carboxylic acids is 1. The van der Waals surface area contributed by atoms with Crippen molar-refractivity contribution >= 4 is 23.7 Å². The van der Waals surface area contributed by atoms with Gasteiger partial charge in [0.05, 0.1) is 6.54 Å². The van der Waals surface area contributed by atoms with E-state index in [0.717, 1.165) is 0 Å². The van der Waals surface area contributed by atoms with Crippen LogP contribution in [-0.4, -0.2) is 58.6 Å². The van der Waals surface area contributed by atoms with Crippen LogP contribution in [-0.2, 0) is 25.6 Å². The lowest BCUT2D eigenvalue weighted by Crippen LogP contribution is -2.58. The molecule has 0 aliphatic rings. The number of aliphatic carboxylic acids is 1. The number of phenols is 1. The second kappa shape index (κ2) is 13.4. The zero-order valence-electron chi connectivity index (χ0n) is 19.6. The summed E-state index contributed by atoms with van der Waals surface area (Å²) in [5.41, 5.74) is 5.96. The van der Waals surface area contributed by atoms with Crippen LogP contribution in [0.25, 0.3) is 0 Å². The van der Waals surface area contributed by atoms with E-state index in [0.29, 0.717) is 18.4 Å². The number of carbonyl (C=O) groups excluding carboxylic acids is 3. The summed E-state index contributed by atoms with van der Waals surface area (Å²) in [5.74, 6) is -3.02. The molecule has 4 atom stereocenters. The molecule has 184 valence electrons. The molecule has 1 rings (SSSR count). The first-order valence-corrected chi connectivity index (χ1v) is 11.1. The standard InChI is InChI=1S/C23H36N4O6/c1-5-14(4)20(27-21(30)17(10-13(2)3)25-19(29)12-24)22(31)26-18(23(32)33)11-15-6-8-16(28)9-7-15/h6-9,13-14,17-18,20,28H,5,10-12,24H2,1-4H3,(H,25,29)(H,26,31)(H,27,30)(H,32,33). The Kier molecular flexibility index (Phi) is 11.3. The number of amides is 3. The average molecular weight is 465 g/mol. The predicted molar refractivity (Wildman–Crippen MR) is 123 cm³/mol. The second-order valence-corrected chi connectivity index (χ2v) is 8.60. The van der Waals surface area contributed by atoms with Crippen LogP contribution in [0.2, 0.25) is 0 Å². The number of benzene rings is 1. The Morgan fingerprint density at radius 1 is 0.939 bits per heavy atom. The van der Waals surface area contributed by atoms with Gasteiger partial charge in [-0.2, -0.15) is 0 Å². The Morgan fingerprint density at radius 3 is 2.03 bits per heavy atom. The van der Waals surface area contributed by atoms with E-state index in [2.05, 4.69) is 16.0 Å². The van der Waals surface area contributed by atoms with Gasteiger partial charge in [-0.05, 0) is 36.0 Å². The van der Waals surface area contributed by atoms with Gasteiger partial charge in [-0.1, -0.05) is 46.2 Å². The molecule has 0 saturated carbocycles. The van der Waals surface area contributed by atoms with Gasteiger partial charge < -0.3 is 31.9 Å². The summed E-state index contributed by atoms with van der Waals surface area (Å²) in [6.45, 7) is 7.15. The predicted octanol–water partition coefficient (Wildman–Crippen LogP) is 0.525. The number of carboxylic acid groups (broad SMARTS) is 1. The van der Waals surface area contributed by atoms with Gasteiger partial charge in [-0.25, -0.2) is 4.79 Å². The van der Waals surface area contributed by atoms with E-state index in [-0.39, 0.29) is 30.6 Å². The first-order valence-electron chi connectivity index (χ1n) is 11.1. The van der Waals surface area contributed by atoms with Gasteiger partial charge in [0.1, 0.15) is 23.9 Å². The Labute approximate surface area is 194 Å². The highest BCUT2D eigenvalue weighted by Crippen LogP contribution is 2.14. The van der Waals surface area contributed by atoms with Gasteiger partial charge in [0.25, 0.3) is 0 Å². The second-order valence-electron chi connectivity index (χ2n) is 8.60. The van der Waals surface area contributed by atoms with E-state index >= 15 is 0 Å². The number of carbonyl (C=O) groups is 4. The van der Waals surface area contributed by atoms with E-state index < -0.39 is 41.8 Å². The fraction of sp³-hybridized carbons (Fsp3) is 0.565. The van der Waals surface area contributed by atoms with Crippen LogP contribution in [0.3, 0.4) is 0 Å². The summed E-state index contributed by atoms with van der Waals surface area (Å²) in [5, 5.41) is 26.8. The van der Waals surface area contributed by atoms with Gasteiger partial charge >= 0.3 is 5.97 Å². The molecule has 0 aliphatic heterocycles. The highest BCUT2D eigenvalue weighted by molar-refractivity contribution is 5.93. The summed E-state index contributed by atoms with van der Waals surface area (Å²) < 4.78 is 0. The number of nitrogens with two attached hydrogens (primary N) is 1. The number of nitrogens with one attached hydrogen (secondary N) is 3. The topological polar surface area (TPSA) is 171 Å². The molecule has 3 amide bonds. The minimum absolute atomic E-state index is 0.00502. The summed E-state index contributed by atoms with van der Waals surface area (Å²) in [7, 11) is 0. The van der Waals surface area contributed by atoms with Crippen molar-refractivity contribution in [3.8, 4) is 5.75 Å². The van der Waals surface area contributed by atoms with Crippen molar-refractivity contribution in [3.05, 3.63) is 29.8 Å². The number of hydrogen-bond donors (Lipinski definition) is 6. The van der Waals surface area contributed by atoms with Crippen LogP contribution in [0.5, 0.6) is 5.75 Å². The molecule has 0 fully saturated rings. The maximum Gasteiger partial charge on any atom is 0.326 e. The lowest BCUT2D eigenvalue weighted by Gasteiger charge is -2.28. The number of rotatable bonds is 13. The molecule has 0 radical (unpaired) electrons. The summed E-state index contributed by atoms with van der Waals surface area (Å²) in [6, 6.07) is 2.92. The monoisotopic (exact) mass is 464 g/mol. The van der Waals surface area contributed by atoms with Crippen molar-refractivity contribution in [1.82, 2.24) is 16.0 Å². The number of aromatic hydroxyl groups is 1. The van der Waals surface area contributed by atoms with Crippen LogP contribution >= 0.6 is 0 Å². The van der Waals surface area contributed by atoms with E-state index in [1.807, 2.05) is 20.8 Å². The third-order valence-corrected chi connectivity index (χ3v) is 5.33. The van der Waals surface area contributed by atoms with Crippen molar-refractivity contribution in [2.45, 2.75) is 65.1 Å². The molecule has 0 bridgehead atoms. The zero-order valence-corrected chi connectivity index (χ0v) is 19.6. The molecule has 10 heteroatoms. The smallest absolute Gasteiger partial charge is 0.326 e. The number of phenolic OH excluding ortho intramolecular Hbond substituents is 1. The van der Waals surface area contributed by atoms with Crippen molar-refractivity contribution < 1.29 is 29.4 Å². The molecule has 1 aromatic carbocycles. The average Bonchev–Trinajstić information content (AvgIpc) is 2.76. The summed E-state index contributed by atoms with van der Waals surface area (Å²) in [6.07, 6.45) is 0.911. The van der Waals surface area contributed by atoms with Crippen LogP contribution in [0, 0.1) is 11.8 Å². The first kappa shape index (κ1) is 27.9. The van der Waals surface area contributed by atoms with E-state index in [1.54, 1.807) is 19.1 Å². The highest BCUT2D eigenvalue weighted by Gasteiger charge is 2.32. The van der Waals surface area contributed by atoms with Gasteiger partial charge in [-0.15, -0.1) is 0 Å². The maximum absolute atomic E-state index is 13.0. The summed E-state index contributed by atoms with van der Waals surface area (Å²) in [4.78, 5) is 49.5. The highest BCUT2D eigenvalue weighted by atomic mass is 16.4. The van der Waals surface area contributed by atoms with E-state index in [9.17, 15) is 29.4 Å². The molecule has 10 nitrogen and oxygen atoms in total. The maximum atomic E-state index is 13.0. The Bertz CT molecular complexity index is 812. The molecular weight excluding hydrogens is 428 g/mol. The molecule has 33 heavy (non-hydrogen) atoms. The van der Waals surface area contributed by atoms with Gasteiger partial charge in [0, 0.05) is 6.42 Å². The van der Waals surface area contributed by atoms with Gasteiger partial charge in [0.2, 0.25) is 17.7 Å². The van der Waals surface area contributed by atoms with Crippen molar-refractivity contribution in [3.63, 3.8) is 0 Å². The summed E-state index contributed by atoms with van der Waals surface area (Å²) >= 11 is 0. The molecule has 0 saturated heterocycles. The van der Waals surface area contributed by atoms with Crippen LogP contribution in [0.4, 0.5) is 0 Å². The Balaban J connectivity index is 3.00. The molecule has 0 aliphatic carbocycles. The molecule has 7 N–H and O–H groups in total. The lowest BCUT2D eigenvalue weighted by atomic mass is 9.96. The molecule has 1 aromatic rings. The lowest BCUT2D eigenvalue weighted by molar-refractivity contribution is -0.142. The zero-order chi connectivity index (χ0) is 25.1. The first-order chi connectivity index (χ1) is 15.5. The third kappa shape index (κ3) is 9.48. The molecule has 0 spiro atoms. The normalized spacial score (nSPS) is 14.6. The minimum Gasteiger partial charge on any atom is -0.508 e. The molecule has 0 aromatic heterocycles. The fourth-order valence-corrected chi connectivity index (χ4v) is 3.24. The van der Waals surface area contributed by atoms with Gasteiger partial charge in [0.15, 0.2) is 0 Å². The third-order valence-electron chi connectivity index (χ3n) is 5.33. The largest absolute Gasteiger partial charge is 0.508 e. The molecule has 0 heterocycles. The van der Waals surface area contributed by atoms with Crippen molar-refractivity contribution in [2.75, 3.05) is 6.54 Å². The van der Waals surface area contributed by atoms with Crippen molar-refractivity contribution in [1.29, 1.82) is 0 Å². The molecule has 4 unspecified atom stereocenters. The van der Waals surface area contributed by atoms with E-state index in [1.165, 1.54) is 12.1 Å². The Morgan fingerprint density at radius 2 is 1.55 bits per heavy atom. The van der Waals surface area contributed by atoms with Crippen LogP contribution in [0.15, 0.2) is 24.3 Å². The van der Waals surface area contributed by atoms with E-state index in [4.69, 9.17) is 5.73 Å².